The third-order valence-corrected chi connectivity index (χ3v) is 2.52. The van der Waals surface area contributed by atoms with Gasteiger partial charge in [0.2, 0.25) is 0 Å². The van der Waals surface area contributed by atoms with Gasteiger partial charge in [0.05, 0.1) is 0 Å². The SMILES string of the molecule is O=C(Cl)S(=O)(=O)Oc1ccccc1. The van der Waals surface area contributed by atoms with Crippen LogP contribution in [-0.2, 0) is 10.1 Å². The minimum Gasteiger partial charge on any atom is -0.376 e. The van der Waals surface area contributed by atoms with E-state index in [1.165, 1.54) is 12.1 Å². The Hall–Kier alpha value is -1.07. The van der Waals surface area contributed by atoms with Gasteiger partial charge in [-0.25, -0.2) is 0 Å². The molecule has 0 radical (unpaired) electrons. The Morgan fingerprint density at radius 1 is 1.23 bits per heavy atom. The highest BCUT2D eigenvalue weighted by Crippen LogP contribution is 2.13. The quantitative estimate of drug-likeness (QED) is 0.563. The molecule has 0 aliphatic heterocycles. The number of hydrogen-bond acceptors (Lipinski definition) is 4. The molecule has 1 rings (SSSR count). The molecular formula is C7H5ClO4S. The first-order valence-electron chi connectivity index (χ1n) is 3.21. The van der Waals surface area contributed by atoms with Crippen molar-refractivity contribution in [3.8, 4) is 5.75 Å². The van der Waals surface area contributed by atoms with Crippen LogP contribution in [0.5, 0.6) is 5.75 Å². The molecule has 1 aromatic carbocycles. The summed E-state index contributed by atoms with van der Waals surface area (Å²) in [7, 11) is -4.32. The normalized spacial score (nSPS) is 10.8. The number of rotatable bonds is 2. The topological polar surface area (TPSA) is 60.4 Å². The van der Waals surface area contributed by atoms with Crippen LogP contribution in [0, 0.1) is 0 Å². The van der Waals surface area contributed by atoms with Crippen molar-refractivity contribution in [1.82, 2.24) is 0 Å². The van der Waals surface area contributed by atoms with E-state index in [0.29, 0.717) is 0 Å². The van der Waals surface area contributed by atoms with Gasteiger partial charge in [-0.2, -0.15) is 8.42 Å². The molecule has 0 spiro atoms. The molecule has 70 valence electrons. The minimum absolute atomic E-state index is 0.0523. The molecule has 0 aliphatic carbocycles. The van der Waals surface area contributed by atoms with E-state index in [2.05, 4.69) is 4.18 Å². The monoisotopic (exact) mass is 220 g/mol. The van der Waals surface area contributed by atoms with Gasteiger partial charge in [0, 0.05) is 0 Å². The third-order valence-electron chi connectivity index (χ3n) is 1.15. The van der Waals surface area contributed by atoms with Crippen LogP contribution in [0.15, 0.2) is 30.3 Å². The second kappa shape index (κ2) is 3.76. The summed E-state index contributed by atoms with van der Waals surface area (Å²) in [6.45, 7) is 0. The molecule has 0 unspecified atom stereocenters. The number of para-hydroxylation sites is 1. The maximum Gasteiger partial charge on any atom is 0.389 e. The van der Waals surface area contributed by atoms with Gasteiger partial charge in [0.25, 0.3) is 0 Å². The van der Waals surface area contributed by atoms with Crippen molar-refractivity contribution in [3.63, 3.8) is 0 Å². The molecule has 0 saturated carbocycles. The number of halogens is 1. The molecule has 0 saturated heterocycles. The zero-order valence-corrected chi connectivity index (χ0v) is 7.88. The van der Waals surface area contributed by atoms with Crippen molar-refractivity contribution in [2.24, 2.45) is 0 Å². The second-order valence-corrected chi connectivity index (χ2v) is 4.10. The predicted octanol–water partition coefficient (Wildman–Crippen LogP) is 1.75. The Morgan fingerprint density at radius 3 is 2.23 bits per heavy atom. The lowest BCUT2D eigenvalue weighted by molar-refractivity contribution is 0.272. The van der Waals surface area contributed by atoms with Crippen molar-refractivity contribution < 1.29 is 17.4 Å². The summed E-state index contributed by atoms with van der Waals surface area (Å²) in [5, 5.41) is 0. The van der Waals surface area contributed by atoms with Crippen LogP contribution in [-0.4, -0.2) is 13.0 Å². The molecule has 1 aromatic rings. The summed E-state index contributed by atoms with van der Waals surface area (Å²) in [5.74, 6) is 0.0523. The van der Waals surface area contributed by atoms with Crippen LogP contribution in [0.1, 0.15) is 0 Å². The van der Waals surface area contributed by atoms with Gasteiger partial charge >= 0.3 is 14.7 Å². The lowest BCUT2D eigenvalue weighted by Gasteiger charge is -2.00. The first-order chi connectivity index (χ1) is 6.02. The summed E-state index contributed by atoms with van der Waals surface area (Å²) in [4.78, 5) is 10.3. The fraction of sp³-hybridized carbons (Fsp3) is 0. The van der Waals surface area contributed by atoms with Crippen molar-refractivity contribution in [3.05, 3.63) is 30.3 Å². The van der Waals surface area contributed by atoms with Gasteiger partial charge in [-0.3, -0.25) is 4.79 Å². The van der Waals surface area contributed by atoms with Gasteiger partial charge in [-0.1, -0.05) is 18.2 Å². The number of hydrogen-bond donors (Lipinski definition) is 0. The van der Waals surface area contributed by atoms with Crippen molar-refractivity contribution >= 4 is 26.3 Å². The lowest BCUT2D eigenvalue weighted by atomic mass is 10.3. The van der Waals surface area contributed by atoms with E-state index in [1.807, 2.05) is 0 Å². The van der Waals surface area contributed by atoms with Crippen molar-refractivity contribution in [1.29, 1.82) is 0 Å². The van der Waals surface area contributed by atoms with E-state index in [-0.39, 0.29) is 5.75 Å². The fourth-order valence-electron chi connectivity index (χ4n) is 0.635. The van der Waals surface area contributed by atoms with Crippen LogP contribution in [0.2, 0.25) is 0 Å². The van der Waals surface area contributed by atoms with Gasteiger partial charge in [0.15, 0.2) is 0 Å². The second-order valence-electron chi connectivity index (χ2n) is 2.09. The van der Waals surface area contributed by atoms with Crippen LogP contribution in [0.25, 0.3) is 0 Å². The molecule has 0 N–H and O–H groups in total. The van der Waals surface area contributed by atoms with Crippen LogP contribution in [0.3, 0.4) is 0 Å². The van der Waals surface area contributed by atoms with Gasteiger partial charge in [-0.05, 0) is 23.7 Å². The molecule has 0 aromatic heterocycles. The average Bonchev–Trinajstić information content (AvgIpc) is 2.05. The molecule has 13 heavy (non-hydrogen) atoms. The molecule has 4 nitrogen and oxygen atoms in total. The Labute approximate surface area is 80.2 Å². The molecular weight excluding hydrogens is 216 g/mol. The van der Waals surface area contributed by atoms with E-state index < -0.39 is 14.7 Å². The summed E-state index contributed by atoms with van der Waals surface area (Å²) >= 11 is 4.77. The largest absolute Gasteiger partial charge is 0.389 e. The fourth-order valence-corrected chi connectivity index (χ4v) is 1.16. The lowest BCUT2D eigenvalue weighted by Crippen LogP contribution is -2.14. The molecule has 0 heterocycles. The molecule has 0 fully saturated rings. The van der Waals surface area contributed by atoms with Crippen LogP contribution >= 0.6 is 11.6 Å². The molecule has 0 amide bonds. The minimum atomic E-state index is -4.32. The summed E-state index contributed by atoms with van der Waals surface area (Å²) in [6.07, 6.45) is 0. The molecule has 0 atom stereocenters. The first kappa shape index (κ1) is 10.0. The summed E-state index contributed by atoms with van der Waals surface area (Å²) < 4.78 is 24.4. The molecule has 6 heteroatoms. The van der Waals surface area contributed by atoms with Gasteiger partial charge in [0.1, 0.15) is 5.75 Å². The predicted molar refractivity (Wildman–Crippen MR) is 47.2 cm³/mol. The zero-order valence-electron chi connectivity index (χ0n) is 6.31. The summed E-state index contributed by atoms with van der Waals surface area (Å²) in [5.41, 5.74) is 0. The van der Waals surface area contributed by atoms with Crippen molar-refractivity contribution in [2.45, 2.75) is 0 Å². The highest BCUT2D eigenvalue weighted by atomic mass is 35.5. The highest BCUT2D eigenvalue weighted by Gasteiger charge is 2.21. The Morgan fingerprint density at radius 2 is 1.77 bits per heavy atom. The summed E-state index contributed by atoms with van der Waals surface area (Å²) in [6, 6.07) is 7.63. The first-order valence-corrected chi connectivity index (χ1v) is 5.00. The highest BCUT2D eigenvalue weighted by molar-refractivity contribution is 8.05. The van der Waals surface area contributed by atoms with E-state index in [1.54, 1.807) is 18.2 Å². The number of benzene rings is 1. The zero-order chi connectivity index (χ0) is 9.90. The Bertz CT molecular complexity index is 398. The van der Waals surface area contributed by atoms with Crippen LogP contribution < -0.4 is 4.18 Å². The number of carbonyl (C=O) groups excluding carboxylic acids is 1. The Balaban J connectivity index is 2.88. The van der Waals surface area contributed by atoms with Crippen molar-refractivity contribution in [2.75, 3.05) is 0 Å². The third kappa shape index (κ3) is 2.71. The maximum absolute atomic E-state index is 10.8. The van der Waals surface area contributed by atoms with E-state index in [4.69, 9.17) is 11.6 Å². The van der Waals surface area contributed by atoms with Gasteiger partial charge in [-0.15, -0.1) is 0 Å². The van der Waals surface area contributed by atoms with E-state index in [9.17, 15) is 13.2 Å². The van der Waals surface area contributed by atoms with E-state index in [0.717, 1.165) is 0 Å². The van der Waals surface area contributed by atoms with Crippen LogP contribution in [0.4, 0.5) is 4.79 Å². The molecule has 0 aliphatic rings. The van der Waals surface area contributed by atoms with E-state index >= 15 is 0 Å². The maximum atomic E-state index is 10.8. The smallest absolute Gasteiger partial charge is 0.376 e. The standard InChI is InChI=1S/C7H5ClO4S/c8-7(9)13(10,11)12-6-4-2-1-3-5-6/h1-5H. The number of carbonyl (C=O) groups is 1. The Kier molecular flexibility index (Phi) is 2.90. The average molecular weight is 221 g/mol. The molecule has 0 bridgehead atoms. The van der Waals surface area contributed by atoms with Gasteiger partial charge < -0.3 is 4.18 Å².